The Morgan fingerprint density at radius 1 is 1.10 bits per heavy atom. The summed E-state index contributed by atoms with van der Waals surface area (Å²) in [5.41, 5.74) is 0.412. The summed E-state index contributed by atoms with van der Waals surface area (Å²) in [7, 11) is 3.73. The molecular formula is C17H35NO3. The fraction of sp³-hybridized carbons (Fsp3) is 1.00. The van der Waals surface area contributed by atoms with Crippen molar-refractivity contribution < 1.29 is 14.2 Å². The van der Waals surface area contributed by atoms with Gasteiger partial charge >= 0.3 is 0 Å². The molecule has 0 amide bonds. The van der Waals surface area contributed by atoms with Crippen LogP contribution in [0.3, 0.4) is 0 Å². The van der Waals surface area contributed by atoms with Gasteiger partial charge < -0.3 is 19.5 Å². The molecule has 0 radical (unpaired) electrons. The second kappa shape index (κ2) is 9.78. The quantitative estimate of drug-likeness (QED) is 0.630. The highest BCUT2D eigenvalue weighted by Gasteiger charge is 2.37. The zero-order valence-electron chi connectivity index (χ0n) is 14.6. The predicted molar refractivity (Wildman–Crippen MR) is 86.7 cm³/mol. The van der Waals surface area contributed by atoms with Crippen molar-refractivity contribution in [2.75, 3.05) is 40.6 Å². The molecule has 0 aromatic heterocycles. The first-order valence-corrected chi connectivity index (χ1v) is 8.40. The Hall–Kier alpha value is -0.160. The highest BCUT2D eigenvalue weighted by Crippen LogP contribution is 2.41. The zero-order chi connectivity index (χ0) is 15.7. The molecule has 0 saturated heterocycles. The molecule has 1 aliphatic carbocycles. The van der Waals surface area contributed by atoms with Crippen LogP contribution < -0.4 is 5.32 Å². The molecule has 1 rings (SSSR count). The second-order valence-electron chi connectivity index (χ2n) is 6.76. The molecule has 3 unspecified atom stereocenters. The lowest BCUT2D eigenvalue weighted by Gasteiger charge is -2.42. The van der Waals surface area contributed by atoms with Crippen molar-refractivity contribution in [3.8, 4) is 0 Å². The average molecular weight is 301 g/mol. The summed E-state index contributed by atoms with van der Waals surface area (Å²) >= 11 is 0. The van der Waals surface area contributed by atoms with E-state index in [1.165, 1.54) is 19.3 Å². The van der Waals surface area contributed by atoms with E-state index in [1.54, 1.807) is 7.11 Å². The van der Waals surface area contributed by atoms with Crippen molar-refractivity contribution in [2.24, 2.45) is 11.3 Å². The lowest BCUT2D eigenvalue weighted by molar-refractivity contribution is -0.0527. The van der Waals surface area contributed by atoms with Gasteiger partial charge in [0, 0.05) is 13.2 Å². The van der Waals surface area contributed by atoms with Crippen LogP contribution in [0.15, 0.2) is 0 Å². The molecule has 0 heterocycles. The first kappa shape index (κ1) is 18.9. The minimum absolute atomic E-state index is 0.311. The van der Waals surface area contributed by atoms with Crippen molar-refractivity contribution in [2.45, 2.75) is 58.6 Å². The Kier molecular flexibility index (Phi) is 8.79. The van der Waals surface area contributed by atoms with Gasteiger partial charge in [0.25, 0.3) is 0 Å². The van der Waals surface area contributed by atoms with Crippen LogP contribution in [0.5, 0.6) is 0 Å². The van der Waals surface area contributed by atoms with E-state index in [2.05, 4.69) is 26.1 Å². The summed E-state index contributed by atoms with van der Waals surface area (Å²) in [6.45, 7) is 9.69. The van der Waals surface area contributed by atoms with Crippen LogP contribution >= 0.6 is 0 Å². The Balaban J connectivity index is 2.37. The van der Waals surface area contributed by atoms with E-state index < -0.39 is 0 Å². The molecule has 4 heteroatoms. The number of hydrogen-bond donors (Lipinski definition) is 1. The van der Waals surface area contributed by atoms with Gasteiger partial charge in [0.15, 0.2) is 0 Å². The molecule has 0 bridgehead atoms. The maximum absolute atomic E-state index is 6.11. The van der Waals surface area contributed by atoms with Crippen LogP contribution in [-0.4, -0.2) is 52.7 Å². The topological polar surface area (TPSA) is 39.7 Å². The van der Waals surface area contributed by atoms with Gasteiger partial charge in [-0.3, -0.25) is 0 Å². The molecular weight excluding hydrogens is 266 g/mol. The van der Waals surface area contributed by atoms with Gasteiger partial charge in [-0.15, -0.1) is 0 Å². The lowest BCUT2D eigenvalue weighted by Crippen LogP contribution is -2.46. The fourth-order valence-electron chi connectivity index (χ4n) is 3.14. The number of rotatable bonds is 10. The third-order valence-corrected chi connectivity index (χ3v) is 5.17. The molecule has 1 saturated carbocycles. The van der Waals surface area contributed by atoms with E-state index >= 15 is 0 Å². The van der Waals surface area contributed by atoms with E-state index in [1.807, 2.05) is 7.05 Å². The van der Waals surface area contributed by atoms with E-state index in [0.717, 1.165) is 12.3 Å². The van der Waals surface area contributed by atoms with Crippen molar-refractivity contribution >= 4 is 0 Å². The normalized spacial score (nSPS) is 27.0. The Labute approximate surface area is 130 Å². The minimum atomic E-state index is 0.311. The molecule has 0 spiro atoms. The van der Waals surface area contributed by atoms with Crippen LogP contribution in [0.25, 0.3) is 0 Å². The molecule has 1 fully saturated rings. The summed E-state index contributed by atoms with van der Waals surface area (Å²) in [4.78, 5) is 0. The molecule has 4 nitrogen and oxygen atoms in total. The monoisotopic (exact) mass is 301 g/mol. The summed E-state index contributed by atoms with van der Waals surface area (Å²) in [6, 6.07) is 0.480. The SMILES string of the molecule is CCC(C)(C)C1CCC(NC)C(OCCOCCOC)C1. The maximum Gasteiger partial charge on any atom is 0.0731 e. The Morgan fingerprint density at radius 2 is 1.81 bits per heavy atom. The minimum Gasteiger partial charge on any atom is -0.382 e. The third kappa shape index (κ3) is 6.23. The van der Waals surface area contributed by atoms with Gasteiger partial charge in [-0.05, 0) is 37.6 Å². The highest BCUT2D eigenvalue weighted by atomic mass is 16.5. The van der Waals surface area contributed by atoms with Crippen LogP contribution in [0.1, 0.15) is 46.5 Å². The smallest absolute Gasteiger partial charge is 0.0731 e. The molecule has 1 N–H and O–H groups in total. The Bertz CT molecular complexity index is 271. The number of likely N-dealkylation sites (N-methyl/N-ethyl adjacent to an activating group) is 1. The highest BCUT2D eigenvalue weighted by molar-refractivity contribution is 4.90. The van der Waals surface area contributed by atoms with Crippen molar-refractivity contribution in [3.05, 3.63) is 0 Å². The van der Waals surface area contributed by atoms with Crippen LogP contribution in [-0.2, 0) is 14.2 Å². The first-order valence-electron chi connectivity index (χ1n) is 8.40. The van der Waals surface area contributed by atoms with Crippen molar-refractivity contribution in [1.29, 1.82) is 0 Å². The van der Waals surface area contributed by atoms with E-state index in [9.17, 15) is 0 Å². The summed E-state index contributed by atoms with van der Waals surface area (Å²) in [6.07, 6.45) is 5.21. The number of hydrogen-bond acceptors (Lipinski definition) is 4. The first-order chi connectivity index (χ1) is 10.0. The van der Waals surface area contributed by atoms with Crippen molar-refractivity contribution in [1.82, 2.24) is 5.32 Å². The number of nitrogens with one attached hydrogen (secondary N) is 1. The van der Waals surface area contributed by atoms with E-state index in [-0.39, 0.29) is 0 Å². The predicted octanol–water partition coefficient (Wildman–Crippen LogP) is 2.86. The van der Waals surface area contributed by atoms with Crippen LogP contribution in [0.2, 0.25) is 0 Å². The number of methoxy groups -OCH3 is 1. The summed E-state index contributed by atoms with van der Waals surface area (Å²) < 4.78 is 16.5. The van der Waals surface area contributed by atoms with E-state index in [0.29, 0.717) is 44.0 Å². The molecule has 0 aromatic rings. The fourth-order valence-corrected chi connectivity index (χ4v) is 3.14. The average Bonchev–Trinajstić information content (AvgIpc) is 2.50. The molecule has 0 aliphatic heterocycles. The van der Waals surface area contributed by atoms with Crippen LogP contribution in [0.4, 0.5) is 0 Å². The second-order valence-corrected chi connectivity index (χ2v) is 6.76. The number of ether oxygens (including phenoxy) is 3. The van der Waals surface area contributed by atoms with Gasteiger partial charge in [-0.1, -0.05) is 27.2 Å². The maximum atomic E-state index is 6.11. The lowest BCUT2D eigenvalue weighted by atomic mass is 9.68. The Morgan fingerprint density at radius 3 is 2.43 bits per heavy atom. The van der Waals surface area contributed by atoms with Gasteiger partial charge in [0.05, 0.1) is 32.5 Å². The molecule has 126 valence electrons. The third-order valence-electron chi connectivity index (χ3n) is 5.17. The summed E-state index contributed by atoms with van der Waals surface area (Å²) in [5, 5.41) is 3.42. The van der Waals surface area contributed by atoms with Gasteiger partial charge in [-0.25, -0.2) is 0 Å². The van der Waals surface area contributed by atoms with E-state index in [4.69, 9.17) is 14.2 Å². The van der Waals surface area contributed by atoms with Crippen LogP contribution in [0, 0.1) is 11.3 Å². The largest absolute Gasteiger partial charge is 0.382 e. The van der Waals surface area contributed by atoms with Gasteiger partial charge in [-0.2, -0.15) is 0 Å². The van der Waals surface area contributed by atoms with Gasteiger partial charge in [0.2, 0.25) is 0 Å². The van der Waals surface area contributed by atoms with Gasteiger partial charge in [0.1, 0.15) is 0 Å². The standard InChI is InChI=1S/C17H35NO3/c1-6-17(2,3)14-7-8-15(18-4)16(13-14)21-12-11-20-10-9-19-5/h14-16,18H,6-13H2,1-5H3. The molecule has 3 atom stereocenters. The molecule has 21 heavy (non-hydrogen) atoms. The zero-order valence-corrected chi connectivity index (χ0v) is 14.6. The summed E-state index contributed by atoms with van der Waals surface area (Å²) in [5.74, 6) is 0.756. The molecule has 1 aliphatic rings. The van der Waals surface area contributed by atoms with Crippen molar-refractivity contribution in [3.63, 3.8) is 0 Å². The molecule has 0 aromatic carbocycles.